The quantitative estimate of drug-likeness (QED) is 0.787. The molecule has 0 spiro atoms. The number of halogens is 1. The van der Waals surface area contributed by atoms with Crippen molar-refractivity contribution in [2.75, 3.05) is 0 Å². The first-order chi connectivity index (χ1) is 9.77. The Morgan fingerprint density at radius 2 is 2.14 bits per heavy atom. The van der Waals surface area contributed by atoms with Gasteiger partial charge in [-0.05, 0) is 18.9 Å². The Hall–Kier alpha value is -1.82. The van der Waals surface area contributed by atoms with Crippen molar-refractivity contribution < 1.29 is 14.7 Å². The molecule has 6 nitrogen and oxygen atoms in total. The third-order valence-electron chi connectivity index (χ3n) is 3.37. The molecule has 116 valence electrons. The summed E-state index contributed by atoms with van der Waals surface area (Å²) in [7, 11) is 1.70. The monoisotopic (exact) mass is 313 g/mol. The molecule has 2 atom stereocenters. The van der Waals surface area contributed by atoms with E-state index < -0.39 is 17.9 Å². The molecule has 21 heavy (non-hydrogen) atoms. The van der Waals surface area contributed by atoms with Gasteiger partial charge in [-0.25, -0.2) is 4.79 Å². The molecule has 2 unspecified atom stereocenters. The maximum absolute atomic E-state index is 11.8. The summed E-state index contributed by atoms with van der Waals surface area (Å²) >= 11 is 6.05. The van der Waals surface area contributed by atoms with Gasteiger partial charge < -0.3 is 10.4 Å². The van der Waals surface area contributed by atoms with E-state index in [1.807, 2.05) is 6.92 Å². The van der Waals surface area contributed by atoms with Crippen molar-refractivity contribution in [2.24, 2.45) is 13.0 Å². The Bertz CT molecular complexity index is 566. The number of nitrogens with zero attached hydrogens (tertiary/aromatic N) is 2. The summed E-state index contributed by atoms with van der Waals surface area (Å²) in [5.74, 6) is -1.66. The summed E-state index contributed by atoms with van der Waals surface area (Å²) in [6.07, 6.45) is 3.47. The van der Waals surface area contributed by atoms with Crippen molar-refractivity contribution in [3.63, 3.8) is 0 Å². The number of aromatic nitrogens is 2. The van der Waals surface area contributed by atoms with Gasteiger partial charge in [-0.2, -0.15) is 5.10 Å². The predicted molar refractivity (Wildman–Crippen MR) is 81.0 cm³/mol. The first-order valence-electron chi connectivity index (χ1n) is 6.68. The van der Waals surface area contributed by atoms with Gasteiger partial charge in [-0.15, -0.1) is 0 Å². The topological polar surface area (TPSA) is 84.2 Å². The summed E-state index contributed by atoms with van der Waals surface area (Å²) in [4.78, 5) is 23.0. The molecule has 1 aromatic heterocycles. The third kappa shape index (κ3) is 4.32. The molecule has 2 N–H and O–H groups in total. The molecule has 0 radical (unpaired) electrons. The van der Waals surface area contributed by atoms with E-state index in [0.29, 0.717) is 22.8 Å². The van der Waals surface area contributed by atoms with Crippen LogP contribution in [0.4, 0.5) is 0 Å². The highest BCUT2D eigenvalue weighted by molar-refractivity contribution is 6.31. The molecular weight excluding hydrogens is 294 g/mol. The molecule has 0 aromatic carbocycles. The first kappa shape index (κ1) is 17.2. The number of rotatable bonds is 6. The van der Waals surface area contributed by atoms with Crippen molar-refractivity contribution in [3.05, 3.63) is 22.5 Å². The average Bonchev–Trinajstić information content (AvgIpc) is 2.66. The van der Waals surface area contributed by atoms with Crippen LogP contribution in [0.15, 0.2) is 6.08 Å². The van der Waals surface area contributed by atoms with E-state index in [4.69, 9.17) is 16.7 Å². The zero-order valence-electron chi connectivity index (χ0n) is 12.6. The van der Waals surface area contributed by atoms with Crippen LogP contribution in [0.1, 0.15) is 31.5 Å². The Morgan fingerprint density at radius 1 is 1.52 bits per heavy atom. The third-order valence-corrected chi connectivity index (χ3v) is 3.82. The number of aliphatic carboxylic acids is 1. The molecule has 1 rings (SSSR count). The standard InChI is InChI=1S/C14H20ClN3O3/c1-5-8(2)12(14(20)21)16-11(19)7-6-10-9(3)17-18(4)13(10)15/h6-8,12H,5H2,1-4H3,(H,16,19)(H,20,21)/b7-6+. The average molecular weight is 314 g/mol. The summed E-state index contributed by atoms with van der Waals surface area (Å²) < 4.78 is 1.51. The fraction of sp³-hybridized carbons (Fsp3) is 0.500. The Labute approximate surface area is 128 Å². The molecule has 1 aromatic rings. The van der Waals surface area contributed by atoms with Gasteiger partial charge in [0, 0.05) is 18.7 Å². The van der Waals surface area contributed by atoms with Crippen LogP contribution in [0.5, 0.6) is 0 Å². The molecule has 0 aliphatic rings. The predicted octanol–water partition coefficient (Wildman–Crippen LogP) is 2.01. The number of nitrogens with one attached hydrogen (secondary N) is 1. The van der Waals surface area contributed by atoms with E-state index in [0.717, 1.165) is 0 Å². The van der Waals surface area contributed by atoms with Gasteiger partial charge >= 0.3 is 5.97 Å². The van der Waals surface area contributed by atoms with Crippen LogP contribution in [-0.2, 0) is 16.6 Å². The second-order valence-electron chi connectivity index (χ2n) is 4.96. The molecule has 0 fully saturated rings. The van der Waals surface area contributed by atoms with Crippen LogP contribution in [0.3, 0.4) is 0 Å². The molecule has 1 heterocycles. The minimum absolute atomic E-state index is 0.149. The SMILES string of the molecule is CCC(C)C(NC(=O)/C=C/c1c(C)nn(C)c1Cl)C(=O)O. The fourth-order valence-corrected chi connectivity index (χ4v) is 2.12. The molecular formula is C14H20ClN3O3. The van der Waals surface area contributed by atoms with Gasteiger partial charge in [0.25, 0.3) is 0 Å². The van der Waals surface area contributed by atoms with Crippen molar-refractivity contribution in [1.82, 2.24) is 15.1 Å². The van der Waals surface area contributed by atoms with Crippen LogP contribution in [-0.4, -0.2) is 32.8 Å². The summed E-state index contributed by atoms with van der Waals surface area (Å²) in [5, 5.41) is 16.2. The maximum Gasteiger partial charge on any atom is 0.326 e. The van der Waals surface area contributed by atoms with Gasteiger partial charge in [0.05, 0.1) is 5.69 Å². The molecule has 1 amide bonds. The number of carbonyl (C=O) groups excluding carboxylic acids is 1. The van der Waals surface area contributed by atoms with Crippen molar-refractivity contribution >= 4 is 29.6 Å². The normalized spacial score (nSPS) is 14.1. The second kappa shape index (κ2) is 7.26. The van der Waals surface area contributed by atoms with E-state index in [-0.39, 0.29) is 5.92 Å². The number of hydrogen-bond acceptors (Lipinski definition) is 3. The summed E-state index contributed by atoms with van der Waals surface area (Å²) in [5.41, 5.74) is 1.34. The molecule has 0 aliphatic carbocycles. The van der Waals surface area contributed by atoms with Crippen molar-refractivity contribution in [1.29, 1.82) is 0 Å². The molecule has 0 saturated carbocycles. The Kier molecular flexibility index (Phi) is 5.96. The van der Waals surface area contributed by atoms with E-state index in [9.17, 15) is 9.59 Å². The van der Waals surface area contributed by atoms with E-state index in [1.165, 1.54) is 16.8 Å². The highest BCUT2D eigenvalue weighted by atomic mass is 35.5. The number of aryl methyl sites for hydroxylation is 2. The van der Waals surface area contributed by atoms with Crippen LogP contribution < -0.4 is 5.32 Å². The largest absolute Gasteiger partial charge is 0.480 e. The molecule has 0 bridgehead atoms. The van der Waals surface area contributed by atoms with Crippen LogP contribution in [0.25, 0.3) is 6.08 Å². The van der Waals surface area contributed by atoms with E-state index in [2.05, 4.69) is 10.4 Å². The minimum Gasteiger partial charge on any atom is -0.480 e. The number of hydrogen-bond donors (Lipinski definition) is 2. The number of amides is 1. The summed E-state index contributed by atoms with van der Waals surface area (Å²) in [6.45, 7) is 5.44. The molecule has 7 heteroatoms. The van der Waals surface area contributed by atoms with Gasteiger partial charge in [-0.3, -0.25) is 9.48 Å². The van der Waals surface area contributed by atoms with Crippen LogP contribution in [0, 0.1) is 12.8 Å². The zero-order chi connectivity index (χ0) is 16.2. The lowest BCUT2D eigenvalue weighted by molar-refractivity contribution is -0.142. The van der Waals surface area contributed by atoms with Crippen molar-refractivity contribution in [3.8, 4) is 0 Å². The maximum atomic E-state index is 11.8. The number of carbonyl (C=O) groups is 2. The lowest BCUT2D eigenvalue weighted by atomic mass is 9.99. The number of carboxylic acid groups (broad SMARTS) is 1. The molecule has 0 aliphatic heterocycles. The van der Waals surface area contributed by atoms with Gasteiger partial charge in [0.2, 0.25) is 5.91 Å². The Balaban J connectivity index is 2.81. The van der Waals surface area contributed by atoms with E-state index >= 15 is 0 Å². The Morgan fingerprint density at radius 3 is 2.57 bits per heavy atom. The zero-order valence-corrected chi connectivity index (χ0v) is 13.3. The summed E-state index contributed by atoms with van der Waals surface area (Å²) in [6, 6.07) is -0.905. The fourth-order valence-electron chi connectivity index (χ4n) is 1.88. The van der Waals surface area contributed by atoms with Crippen LogP contribution in [0.2, 0.25) is 5.15 Å². The smallest absolute Gasteiger partial charge is 0.326 e. The van der Waals surface area contributed by atoms with Crippen molar-refractivity contribution in [2.45, 2.75) is 33.2 Å². The minimum atomic E-state index is -1.04. The highest BCUT2D eigenvalue weighted by Crippen LogP contribution is 2.19. The van der Waals surface area contributed by atoms with Crippen LogP contribution >= 0.6 is 11.6 Å². The van der Waals surface area contributed by atoms with Gasteiger partial charge in [0.1, 0.15) is 11.2 Å². The highest BCUT2D eigenvalue weighted by Gasteiger charge is 2.24. The van der Waals surface area contributed by atoms with E-state index in [1.54, 1.807) is 20.9 Å². The molecule has 0 saturated heterocycles. The second-order valence-corrected chi connectivity index (χ2v) is 5.31. The van der Waals surface area contributed by atoms with Gasteiger partial charge in [-0.1, -0.05) is 31.9 Å². The van der Waals surface area contributed by atoms with Gasteiger partial charge in [0.15, 0.2) is 0 Å². The number of carboxylic acids is 1. The lowest BCUT2D eigenvalue weighted by Crippen LogP contribution is -2.44. The lowest BCUT2D eigenvalue weighted by Gasteiger charge is -2.19. The first-order valence-corrected chi connectivity index (χ1v) is 7.06.